The van der Waals surface area contributed by atoms with Crippen molar-refractivity contribution in [2.24, 2.45) is 0 Å². The smallest absolute Gasteiger partial charge is 0.410 e. The zero-order valence-electron chi connectivity index (χ0n) is 64.7. The van der Waals surface area contributed by atoms with Crippen LogP contribution in [0.1, 0.15) is 226 Å². The molecule has 0 spiro atoms. The normalized spacial score (nSPS) is 17.1. The molecule has 3 saturated carbocycles. The lowest BCUT2D eigenvalue weighted by molar-refractivity contribution is 0.0194. The molecule has 6 aliphatic rings. The average molecular weight is 1560 g/mol. The number of aromatic nitrogens is 9. The number of carbonyl (C=O) groups excluding carboxylic acids is 2. The molecule has 3 saturated heterocycles. The second-order valence-corrected chi connectivity index (χ2v) is 33.0. The van der Waals surface area contributed by atoms with Crippen molar-refractivity contribution in [3.63, 3.8) is 0 Å². The van der Waals surface area contributed by atoms with E-state index in [1.54, 1.807) is 66.2 Å². The minimum atomic E-state index is -1.31. The Kier molecular flexibility index (Phi) is 25.7. The largest absolute Gasteiger partial charge is 0.444 e. The van der Waals surface area contributed by atoms with Crippen molar-refractivity contribution in [1.29, 1.82) is 15.8 Å². The fraction of sp³-hybridized carbons (Fsp3) is 0.470. The summed E-state index contributed by atoms with van der Waals surface area (Å²) in [6, 6.07) is 25.5. The maximum Gasteiger partial charge on any atom is 0.410 e. The quantitative estimate of drug-likeness (QED) is 0.0690. The third-order valence-electron chi connectivity index (χ3n) is 21.5. The number of fused-ring (bicyclic) bond motifs is 3. The van der Waals surface area contributed by atoms with Gasteiger partial charge in [-0.3, -0.25) is 32.3 Å². The molecule has 0 radical (unpaired) electrons. The molecule has 3 aliphatic carbocycles. The van der Waals surface area contributed by atoms with Gasteiger partial charge in [-0.25, -0.2) is 42.7 Å². The topological polar surface area (TPSA) is 353 Å². The Morgan fingerprint density at radius 1 is 0.496 bits per heavy atom. The molecule has 3 aromatic carbocycles. The van der Waals surface area contributed by atoms with E-state index in [9.17, 15) is 47.5 Å². The number of carbonyl (C=O) groups is 2. The van der Waals surface area contributed by atoms with E-state index in [1.165, 1.54) is 42.8 Å². The number of hydrogen-bond acceptors (Lipinski definition) is 21. The highest BCUT2D eigenvalue weighted by atomic mass is 32.2. The van der Waals surface area contributed by atoms with Gasteiger partial charge in [0.1, 0.15) is 80.5 Å². The van der Waals surface area contributed by atoms with Gasteiger partial charge in [-0.1, -0.05) is 56.7 Å². The van der Waals surface area contributed by atoms with Gasteiger partial charge in [0.15, 0.2) is 0 Å². The van der Waals surface area contributed by atoms with Crippen LogP contribution in [0, 0.1) is 51.4 Å². The molecule has 1 atom stereocenters. The summed E-state index contributed by atoms with van der Waals surface area (Å²) in [5, 5.41) is 39.5. The van der Waals surface area contributed by atoms with Crippen LogP contribution in [0.4, 0.5) is 51.7 Å². The van der Waals surface area contributed by atoms with Gasteiger partial charge in [0.25, 0.3) is 16.7 Å². The van der Waals surface area contributed by atoms with Crippen LogP contribution < -0.4 is 38.4 Å². The van der Waals surface area contributed by atoms with Gasteiger partial charge in [0, 0.05) is 102 Å². The summed E-state index contributed by atoms with van der Waals surface area (Å²) in [5.74, 6) is 0.0815. The minimum absolute atomic E-state index is 0.00447. The summed E-state index contributed by atoms with van der Waals surface area (Å²) in [4.78, 5) is 92.3. The van der Waals surface area contributed by atoms with Crippen LogP contribution in [0.25, 0.3) is 33.1 Å². The number of benzene rings is 3. The van der Waals surface area contributed by atoms with E-state index in [0.717, 1.165) is 121 Å². The van der Waals surface area contributed by atoms with E-state index in [4.69, 9.17) is 20.5 Å². The van der Waals surface area contributed by atoms with Gasteiger partial charge in [-0.15, -0.1) is 0 Å². The second kappa shape index (κ2) is 35.7. The molecule has 15 rings (SSSR count). The number of halogens is 3. The Morgan fingerprint density at radius 2 is 0.832 bits per heavy atom. The summed E-state index contributed by atoms with van der Waals surface area (Å²) in [6.45, 7) is 15.1. The summed E-state index contributed by atoms with van der Waals surface area (Å²) in [5.41, 5.74) is 8.82. The molecule has 113 heavy (non-hydrogen) atoms. The molecule has 5 N–H and O–H groups in total. The van der Waals surface area contributed by atoms with E-state index in [-0.39, 0.29) is 110 Å². The lowest BCUT2D eigenvalue weighted by atomic mass is 9.89. The first-order chi connectivity index (χ1) is 54.1. The Balaban J connectivity index is 0.000000144. The standard InChI is InChI=1S/C29H33FN6O3.C24H25FN6O.C16H23FN2O2.C14H14N4O2S/c1-29(2,3)39-28(38)35-12-10-18(11-13-35)23-9-8-21(15-24(23)30)33-27-32-17-20-14-19(16-31)26(37)36(25(20)34-27)22-6-4-5-7-22;25-21-12-18(5-6-20(21)15-7-9-27-10-8-15)29-24-28-14-17-11-16(13-26)23(32)31(22(17)30-24)19-3-1-2-4-19;1-16(2,3)21-15(20)19-8-6-11(7-9-19)13-5-4-12(18)10-14(13)17;1-21(20)14-16-8-10-6-9(7-15)13(19)18(12(10)17-14)11-4-2-3-5-11/h8-9,14-15,17-18,22H,4-7,10-13H2,1-3H3,(H,32,33,34);5-6,11-12,14-15,19,27H,1-4,7-10H2,(H,28,29,30);4-5,10-11H,6-9,18H2,1-3H3;6,8,11H,2-5H2,1H3. The van der Waals surface area contributed by atoms with Crippen molar-refractivity contribution in [2.75, 3.05) is 61.9 Å². The molecule has 9 aromatic rings. The van der Waals surface area contributed by atoms with E-state index in [1.807, 2.05) is 71.9 Å². The van der Waals surface area contributed by atoms with Gasteiger partial charge in [-0.2, -0.15) is 25.8 Å². The number of ether oxygens (including phenoxy) is 2. The Morgan fingerprint density at radius 3 is 1.17 bits per heavy atom. The van der Waals surface area contributed by atoms with Crippen molar-refractivity contribution in [2.45, 2.75) is 209 Å². The SMILES string of the molecule is CC(C)(C)OC(=O)N1CCC(c2ccc(N)cc2F)CC1.CC(C)(C)OC(=O)N1CCC(c2ccc(Nc3ncc4cc(C#N)c(=O)n(C5CCCC5)c4n3)cc2F)CC1.CS(=O)c1ncc2cc(C#N)c(=O)n(C3CCCC3)c2n1.N#Cc1cc2cnc(Nc3ccc(C4CCNCC4)c(F)c3)nc2n(C2CCCC2)c1=O. The van der Waals surface area contributed by atoms with Crippen molar-refractivity contribution >= 4 is 85.0 Å². The fourth-order valence-electron chi connectivity index (χ4n) is 15.9. The van der Waals surface area contributed by atoms with Crippen LogP contribution in [0.2, 0.25) is 0 Å². The number of amides is 2. The van der Waals surface area contributed by atoms with Crippen LogP contribution in [-0.2, 0) is 20.3 Å². The number of anilines is 5. The summed E-state index contributed by atoms with van der Waals surface area (Å²) >= 11 is 0. The molecule has 6 aromatic heterocycles. The van der Waals surface area contributed by atoms with Gasteiger partial charge < -0.3 is 41.0 Å². The molecule has 1 unspecified atom stereocenters. The predicted octanol–water partition coefficient (Wildman–Crippen LogP) is 14.9. The fourth-order valence-corrected chi connectivity index (χ4v) is 16.3. The zero-order valence-corrected chi connectivity index (χ0v) is 65.6. The number of nitrogen functional groups attached to an aromatic ring is 1. The highest BCUT2D eigenvalue weighted by molar-refractivity contribution is 7.84. The van der Waals surface area contributed by atoms with Crippen molar-refractivity contribution < 1.29 is 36.4 Å². The van der Waals surface area contributed by atoms with E-state index in [2.05, 4.69) is 45.9 Å². The number of pyridine rings is 3. The number of likely N-dealkylation sites (tertiary alicyclic amines) is 2. The zero-order chi connectivity index (χ0) is 80.4. The Bertz CT molecular complexity index is 5370. The molecular weight excluding hydrogens is 1470 g/mol. The maximum absolute atomic E-state index is 15.2. The Labute approximate surface area is 655 Å². The first-order valence-electron chi connectivity index (χ1n) is 38.8. The lowest BCUT2D eigenvalue weighted by Gasteiger charge is -2.33. The van der Waals surface area contributed by atoms with Gasteiger partial charge in [0.05, 0.1) is 10.8 Å². The number of hydrogen-bond donors (Lipinski definition) is 4. The second-order valence-electron chi connectivity index (χ2n) is 31.7. The van der Waals surface area contributed by atoms with E-state index >= 15 is 4.39 Å². The van der Waals surface area contributed by atoms with Crippen LogP contribution in [-0.4, -0.2) is 127 Å². The molecule has 26 nitrogen and oxygen atoms in total. The number of nitrogens with two attached hydrogens (primary N) is 1. The summed E-state index contributed by atoms with van der Waals surface area (Å²) < 4.78 is 71.2. The third-order valence-corrected chi connectivity index (χ3v) is 22.2. The molecular formula is C83H95F3N18O8S. The molecule has 6 fully saturated rings. The molecule has 0 bridgehead atoms. The maximum atomic E-state index is 15.2. The summed E-state index contributed by atoms with van der Waals surface area (Å²) in [6.07, 6.45) is 21.8. The van der Waals surface area contributed by atoms with Crippen LogP contribution in [0.3, 0.4) is 0 Å². The minimum Gasteiger partial charge on any atom is -0.444 e. The predicted molar refractivity (Wildman–Crippen MR) is 425 cm³/mol. The molecule has 30 heteroatoms. The number of nitriles is 3. The van der Waals surface area contributed by atoms with E-state index in [0.29, 0.717) is 106 Å². The average Bonchev–Trinajstić information content (AvgIpc) is 1.62. The summed E-state index contributed by atoms with van der Waals surface area (Å²) in [7, 11) is -1.31. The monoisotopic (exact) mass is 1560 g/mol. The van der Waals surface area contributed by atoms with Gasteiger partial charge >= 0.3 is 12.2 Å². The molecule has 2 amide bonds. The van der Waals surface area contributed by atoms with Crippen molar-refractivity contribution in [3.05, 3.63) is 173 Å². The first-order valence-corrected chi connectivity index (χ1v) is 40.4. The first kappa shape index (κ1) is 81.3. The van der Waals surface area contributed by atoms with Crippen LogP contribution >= 0.6 is 0 Å². The lowest BCUT2D eigenvalue weighted by Crippen LogP contribution is -2.41. The van der Waals surface area contributed by atoms with E-state index < -0.39 is 22.0 Å². The number of rotatable bonds is 11. The van der Waals surface area contributed by atoms with Crippen molar-refractivity contribution in [3.8, 4) is 18.2 Å². The van der Waals surface area contributed by atoms with Gasteiger partial charge in [-0.05, 0) is 221 Å². The highest BCUT2D eigenvalue weighted by Gasteiger charge is 2.33. The number of piperidine rings is 3. The third kappa shape index (κ3) is 19.7. The molecule has 592 valence electrons. The van der Waals surface area contributed by atoms with Gasteiger partial charge in [0.2, 0.25) is 17.1 Å². The van der Waals surface area contributed by atoms with Crippen LogP contribution in [0.15, 0.2) is 111 Å². The highest BCUT2D eigenvalue weighted by Crippen LogP contribution is 2.38. The molecule has 3 aliphatic heterocycles. The number of nitrogens with one attached hydrogen (secondary N) is 3. The molecule has 9 heterocycles. The Hall–Kier alpha value is -11.2. The van der Waals surface area contributed by atoms with Crippen molar-refractivity contribution in [1.82, 2.24) is 58.7 Å². The number of nitrogens with zero attached hydrogens (tertiary/aromatic N) is 14. The van der Waals surface area contributed by atoms with Crippen LogP contribution in [0.5, 0.6) is 0 Å².